The quantitative estimate of drug-likeness (QED) is 0.639. The number of anilines is 1. The van der Waals surface area contributed by atoms with Crippen molar-refractivity contribution in [3.05, 3.63) is 95.8 Å². The third-order valence-electron chi connectivity index (χ3n) is 3.69. The number of carbonyl (C=O) groups excluding carboxylic acids is 1. The molecule has 3 aromatic carbocycles. The molecule has 3 aromatic rings. The number of hydrogen-bond donors (Lipinski definition) is 2. The summed E-state index contributed by atoms with van der Waals surface area (Å²) in [7, 11) is 0. The predicted molar refractivity (Wildman–Crippen MR) is 107 cm³/mol. The third-order valence-corrected chi connectivity index (χ3v) is 3.90. The molecule has 0 aliphatic heterocycles. The Balaban J connectivity index is 1.50. The average Bonchev–Trinajstić information content (AvgIpc) is 2.69. The van der Waals surface area contributed by atoms with Gasteiger partial charge in [-0.15, -0.1) is 0 Å². The molecule has 0 radical (unpaired) electrons. The van der Waals surface area contributed by atoms with Crippen molar-refractivity contribution >= 4 is 28.9 Å². The standard InChI is InChI=1S/C21H17FN2O2S/c22-17-8-6-15(7-9-17)14-26-19-12-10-18(11-13-19)23-21(27)24-20(25)16-4-2-1-3-5-16/h1-13H,14H2,(H2,23,24,25,27). The second kappa shape index (κ2) is 8.91. The van der Waals surface area contributed by atoms with Crippen molar-refractivity contribution < 1.29 is 13.9 Å². The van der Waals surface area contributed by atoms with Crippen LogP contribution in [0.2, 0.25) is 0 Å². The lowest BCUT2D eigenvalue weighted by atomic mass is 10.2. The number of benzene rings is 3. The second-order valence-electron chi connectivity index (χ2n) is 5.71. The molecule has 0 bridgehead atoms. The van der Waals surface area contributed by atoms with Crippen LogP contribution in [0.4, 0.5) is 10.1 Å². The van der Waals surface area contributed by atoms with Gasteiger partial charge in [-0.1, -0.05) is 30.3 Å². The Morgan fingerprint density at radius 3 is 2.26 bits per heavy atom. The number of hydrogen-bond acceptors (Lipinski definition) is 3. The van der Waals surface area contributed by atoms with Crippen molar-refractivity contribution in [2.24, 2.45) is 0 Å². The van der Waals surface area contributed by atoms with Crippen molar-refractivity contribution in [1.82, 2.24) is 5.32 Å². The van der Waals surface area contributed by atoms with Crippen molar-refractivity contribution in [2.75, 3.05) is 5.32 Å². The molecule has 4 nitrogen and oxygen atoms in total. The van der Waals surface area contributed by atoms with Crippen LogP contribution in [-0.4, -0.2) is 11.0 Å². The fourth-order valence-electron chi connectivity index (χ4n) is 2.31. The molecule has 0 aromatic heterocycles. The van der Waals surface area contributed by atoms with Gasteiger partial charge in [0.15, 0.2) is 5.11 Å². The van der Waals surface area contributed by atoms with Crippen LogP contribution in [0.5, 0.6) is 5.75 Å². The van der Waals surface area contributed by atoms with E-state index in [0.717, 1.165) is 11.3 Å². The zero-order valence-electron chi connectivity index (χ0n) is 14.3. The molecule has 27 heavy (non-hydrogen) atoms. The third kappa shape index (κ3) is 5.62. The van der Waals surface area contributed by atoms with Crippen LogP contribution in [0.3, 0.4) is 0 Å². The molecule has 0 saturated heterocycles. The van der Waals surface area contributed by atoms with Gasteiger partial charge in [0.25, 0.3) is 5.91 Å². The highest BCUT2D eigenvalue weighted by Crippen LogP contribution is 2.17. The first kappa shape index (κ1) is 18.5. The highest BCUT2D eigenvalue weighted by Gasteiger charge is 2.07. The fraction of sp³-hybridized carbons (Fsp3) is 0.0476. The van der Waals surface area contributed by atoms with Crippen molar-refractivity contribution in [1.29, 1.82) is 0 Å². The lowest BCUT2D eigenvalue weighted by molar-refractivity contribution is 0.0977. The SMILES string of the molecule is O=C(NC(=S)Nc1ccc(OCc2ccc(F)cc2)cc1)c1ccccc1. The minimum absolute atomic E-state index is 0.212. The summed E-state index contributed by atoms with van der Waals surface area (Å²) in [6.07, 6.45) is 0. The van der Waals surface area contributed by atoms with Gasteiger partial charge in [-0.25, -0.2) is 4.39 Å². The van der Waals surface area contributed by atoms with E-state index in [1.165, 1.54) is 12.1 Å². The molecule has 0 aliphatic rings. The number of ether oxygens (including phenoxy) is 1. The molecule has 0 fully saturated rings. The van der Waals surface area contributed by atoms with Crippen molar-refractivity contribution in [3.8, 4) is 5.75 Å². The molecule has 0 unspecified atom stereocenters. The minimum atomic E-state index is -0.274. The molecule has 2 N–H and O–H groups in total. The summed E-state index contributed by atoms with van der Waals surface area (Å²) in [5.41, 5.74) is 2.14. The first-order valence-electron chi connectivity index (χ1n) is 8.25. The molecule has 0 atom stereocenters. The molecule has 0 aliphatic carbocycles. The zero-order chi connectivity index (χ0) is 19.1. The van der Waals surface area contributed by atoms with Gasteiger partial charge in [-0.3, -0.25) is 10.1 Å². The van der Waals surface area contributed by atoms with Gasteiger partial charge in [0, 0.05) is 11.3 Å². The Morgan fingerprint density at radius 2 is 1.59 bits per heavy atom. The van der Waals surface area contributed by atoms with Crippen molar-refractivity contribution in [3.63, 3.8) is 0 Å². The maximum atomic E-state index is 12.9. The molecule has 0 heterocycles. The van der Waals surface area contributed by atoms with E-state index < -0.39 is 0 Å². The van der Waals surface area contributed by atoms with Crippen LogP contribution in [0, 0.1) is 5.82 Å². The lowest BCUT2D eigenvalue weighted by Crippen LogP contribution is -2.34. The van der Waals surface area contributed by atoms with Crippen LogP contribution in [0.25, 0.3) is 0 Å². The van der Waals surface area contributed by atoms with E-state index in [4.69, 9.17) is 17.0 Å². The van der Waals surface area contributed by atoms with Gasteiger partial charge in [0.05, 0.1) is 0 Å². The zero-order valence-corrected chi connectivity index (χ0v) is 15.1. The lowest BCUT2D eigenvalue weighted by Gasteiger charge is -2.11. The van der Waals surface area contributed by atoms with E-state index in [1.54, 1.807) is 60.7 Å². The number of amides is 1. The summed E-state index contributed by atoms with van der Waals surface area (Å²) >= 11 is 5.17. The highest BCUT2D eigenvalue weighted by molar-refractivity contribution is 7.80. The molecule has 0 saturated carbocycles. The van der Waals surface area contributed by atoms with Gasteiger partial charge in [0.2, 0.25) is 0 Å². The van der Waals surface area contributed by atoms with E-state index in [-0.39, 0.29) is 16.8 Å². The van der Waals surface area contributed by atoms with E-state index in [9.17, 15) is 9.18 Å². The van der Waals surface area contributed by atoms with Gasteiger partial charge in [-0.05, 0) is 66.3 Å². The second-order valence-corrected chi connectivity index (χ2v) is 6.12. The van der Waals surface area contributed by atoms with Crippen molar-refractivity contribution in [2.45, 2.75) is 6.61 Å². The van der Waals surface area contributed by atoms with E-state index in [2.05, 4.69) is 10.6 Å². The topological polar surface area (TPSA) is 50.4 Å². The molecule has 6 heteroatoms. The monoisotopic (exact) mass is 380 g/mol. The van der Waals surface area contributed by atoms with Gasteiger partial charge in [0.1, 0.15) is 18.2 Å². The van der Waals surface area contributed by atoms with E-state index in [1.807, 2.05) is 6.07 Å². The molecule has 3 rings (SSSR count). The largest absolute Gasteiger partial charge is 0.489 e. The van der Waals surface area contributed by atoms with Crippen LogP contribution in [-0.2, 0) is 6.61 Å². The van der Waals surface area contributed by atoms with Gasteiger partial charge >= 0.3 is 0 Å². The van der Waals surface area contributed by atoms with Crippen LogP contribution in [0.15, 0.2) is 78.9 Å². The summed E-state index contributed by atoms with van der Waals surface area (Å²) in [4.78, 5) is 12.1. The highest BCUT2D eigenvalue weighted by atomic mass is 32.1. The first-order chi connectivity index (χ1) is 13.1. The summed E-state index contributed by atoms with van der Waals surface area (Å²) in [5.74, 6) is 0.126. The normalized spacial score (nSPS) is 10.1. The summed E-state index contributed by atoms with van der Waals surface area (Å²) in [6.45, 7) is 0.346. The van der Waals surface area contributed by atoms with E-state index >= 15 is 0 Å². The summed E-state index contributed by atoms with van der Waals surface area (Å²) < 4.78 is 18.6. The van der Waals surface area contributed by atoms with Gasteiger partial charge in [-0.2, -0.15) is 0 Å². The Morgan fingerprint density at radius 1 is 0.926 bits per heavy atom. The van der Waals surface area contributed by atoms with Crippen LogP contribution < -0.4 is 15.4 Å². The summed E-state index contributed by atoms with van der Waals surface area (Å²) in [6, 6.07) is 22.2. The average molecular weight is 380 g/mol. The smallest absolute Gasteiger partial charge is 0.257 e. The number of thiocarbonyl (C=S) groups is 1. The Hall–Kier alpha value is -3.25. The number of nitrogens with one attached hydrogen (secondary N) is 2. The summed E-state index contributed by atoms with van der Waals surface area (Å²) in [5, 5.41) is 5.79. The Labute approximate surface area is 162 Å². The maximum absolute atomic E-state index is 12.9. The Kier molecular flexibility index (Phi) is 6.12. The molecule has 136 valence electrons. The molecular weight excluding hydrogens is 363 g/mol. The minimum Gasteiger partial charge on any atom is -0.489 e. The fourth-order valence-corrected chi connectivity index (χ4v) is 2.52. The Bertz CT molecular complexity index is 913. The van der Waals surface area contributed by atoms with Crippen LogP contribution >= 0.6 is 12.2 Å². The van der Waals surface area contributed by atoms with Gasteiger partial charge < -0.3 is 10.1 Å². The molecule has 1 amide bonds. The van der Waals surface area contributed by atoms with Crippen LogP contribution in [0.1, 0.15) is 15.9 Å². The molecule has 0 spiro atoms. The molecular formula is C21H17FN2O2S. The number of halogens is 1. The maximum Gasteiger partial charge on any atom is 0.257 e. The van der Waals surface area contributed by atoms with E-state index in [0.29, 0.717) is 17.9 Å². The number of rotatable bonds is 5. The first-order valence-corrected chi connectivity index (χ1v) is 8.66. The number of carbonyl (C=O) groups is 1. The predicted octanol–water partition coefficient (Wildman–Crippen LogP) is 4.53.